The monoisotopic (exact) mass is 389 g/mol. The van der Waals surface area contributed by atoms with E-state index in [9.17, 15) is 13.2 Å². The Bertz CT molecular complexity index is 956. The minimum atomic E-state index is -3.74. The third-order valence-corrected chi connectivity index (χ3v) is 6.71. The van der Waals surface area contributed by atoms with Crippen LogP contribution in [0.3, 0.4) is 0 Å². The molecule has 0 radical (unpaired) electrons. The van der Waals surface area contributed by atoms with Crippen molar-refractivity contribution in [3.63, 3.8) is 0 Å². The molecule has 1 aliphatic rings. The summed E-state index contributed by atoms with van der Waals surface area (Å²) >= 11 is 0. The molecule has 0 unspecified atom stereocenters. The minimum Gasteiger partial charge on any atom is -0.496 e. The fourth-order valence-corrected chi connectivity index (χ4v) is 4.89. The van der Waals surface area contributed by atoms with Gasteiger partial charge in [0.15, 0.2) is 15.6 Å². The summed E-state index contributed by atoms with van der Waals surface area (Å²) in [4.78, 5) is 13.0. The van der Waals surface area contributed by atoms with E-state index in [1.807, 2.05) is 6.07 Å². The Morgan fingerprint density at radius 2 is 1.63 bits per heavy atom. The van der Waals surface area contributed by atoms with E-state index in [1.165, 1.54) is 12.1 Å². The fraction of sp³-hybridized carbons (Fsp3) is 0.350. The molecule has 144 valence electrons. The van der Waals surface area contributed by atoms with Gasteiger partial charge >= 0.3 is 0 Å². The Balaban J connectivity index is 1.89. The molecule has 2 aromatic carbocycles. The number of Topliss-reactive ketones (excluding diaryl/α,β-unsaturated/α-hetero) is 1. The van der Waals surface area contributed by atoms with Crippen molar-refractivity contribution in [2.75, 3.05) is 20.0 Å². The number of hydrogen-bond donors (Lipinski definition) is 1. The lowest BCUT2D eigenvalue weighted by molar-refractivity contribution is -0.122. The fourth-order valence-electron chi connectivity index (χ4n) is 3.52. The highest BCUT2D eigenvalue weighted by Gasteiger charge is 2.41. The molecule has 1 atom stereocenters. The maximum atomic E-state index is 12.9. The molecule has 0 saturated heterocycles. The van der Waals surface area contributed by atoms with Gasteiger partial charge in [-0.15, -0.1) is 0 Å². The van der Waals surface area contributed by atoms with Gasteiger partial charge in [-0.25, -0.2) is 8.42 Å². The van der Waals surface area contributed by atoms with Gasteiger partial charge in [0.05, 0.1) is 24.7 Å². The number of ketones is 1. The molecule has 0 aliphatic heterocycles. The summed E-state index contributed by atoms with van der Waals surface area (Å²) in [6, 6.07) is 11.5. The number of carbonyl (C=O) groups excluding carboxylic acids is 1. The molecule has 2 aromatic rings. The lowest BCUT2D eigenvalue weighted by Crippen LogP contribution is -2.54. The van der Waals surface area contributed by atoms with Crippen LogP contribution in [0.2, 0.25) is 0 Å². The summed E-state index contributed by atoms with van der Waals surface area (Å²) in [5, 5.41) is 0. The van der Waals surface area contributed by atoms with Crippen LogP contribution >= 0.6 is 0 Å². The normalized spacial score (nSPS) is 19.2. The molecule has 27 heavy (non-hydrogen) atoms. The number of ether oxygens (including phenoxy) is 2. The summed E-state index contributed by atoms with van der Waals surface area (Å²) in [6.45, 7) is 0. The lowest BCUT2D eigenvalue weighted by Gasteiger charge is -2.34. The molecule has 0 saturated carbocycles. The Labute approximate surface area is 159 Å². The Kier molecular flexibility index (Phi) is 5.26. The van der Waals surface area contributed by atoms with E-state index in [2.05, 4.69) is 0 Å². The van der Waals surface area contributed by atoms with Crippen molar-refractivity contribution in [1.29, 1.82) is 0 Å². The summed E-state index contributed by atoms with van der Waals surface area (Å²) in [7, 11) is -0.599. The van der Waals surface area contributed by atoms with Crippen molar-refractivity contribution < 1.29 is 22.7 Å². The largest absolute Gasteiger partial charge is 0.496 e. The summed E-state index contributed by atoms with van der Waals surface area (Å²) in [5.74, 6) is 0.243. The predicted molar refractivity (Wildman–Crippen MR) is 102 cm³/mol. The zero-order valence-corrected chi connectivity index (χ0v) is 16.2. The van der Waals surface area contributed by atoms with Crippen molar-refractivity contribution in [3.05, 3.63) is 53.6 Å². The Morgan fingerprint density at radius 1 is 1.04 bits per heavy atom. The number of nitrogens with two attached hydrogens (primary N) is 1. The molecular formula is C20H23NO5S. The molecule has 6 nitrogen and oxygen atoms in total. The number of hydrogen-bond acceptors (Lipinski definition) is 6. The second kappa shape index (κ2) is 7.32. The van der Waals surface area contributed by atoms with Gasteiger partial charge in [0, 0.05) is 17.5 Å². The highest BCUT2D eigenvalue weighted by Crippen LogP contribution is 2.39. The first-order chi connectivity index (χ1) is 12.8. The highest BCUT2D eigenvalue weighted by atomic mass is 32.2. The van der Waals surface area contributed by atoms with E-state index >= 15 is 0 Å². The quantitative estimate of drug-likeness (QED) is 0.811. The number of methoxy groups -OCH3 is 2. The predicted octanol–water partition coefficient (Wildman–Crippen LogP) is 1.93. The van der Waals surface area contributed by atoms with Crippen LogP contribution in [0, 0.1) is 0 Å². The first kappa shape index (κ1) is 19.4. The van der Waals surface area contributed by atoms with Gasteiger partial charge in [0.25, 0.3) is 0 Å². The van der Waals surface area contributed by atoms with Crippen LogP contribution in [-0.4, -0.2) is 39.7 Å². The van der Waals surface area contributed by atoms with Gasteiger partial charge in [-0.3, -0.25) is 4.79 Å². The molecule has 0 bridgehead atoms. The first-order valence-electron chi connectivity index (χ1n) is 8.63. The molecular weight excluding hydrogens is 366 g/mol. The number of rotatable bonds is 6. The maximum Gasteiger partial charge on any atom is 0.185 e. The van der Waals surface area contributed by atoms with E-state index in [4.69, 9.17) is 15.2 Å². The zero-order chi connectivity index (χ0) is 19.7. The summed E-state index contributed by atoms with van der Waals surface area (Å²) in [5.41, 5.74) is 6.91. The van der Waals surface area contributed by atoms with Crippen molar-refractivity contribution in [2.24, 2.45) is 5.73 Å². The van der Waals surface area contributed by atoms with E-state index in [1.54, 1.807) is 38.5 Å². The van der Waals surface area contributed by atoms with Crippen molar-refractivity contribution in [2.45, 2.75) is 29.7 Å². The van der Waals surface area contributed by atoms with Crippen LogP contribution in [0.1, 0.15) is 17.5 Å². The van der Waals surface area contributed by atoms with Crippen molar-refractivity contribution in [1.82, 2.24) is 0 Å². The standard InChI is InChI=1S/C20H23NO5S/c1-25-17-8-9-18(26-2)16-12-20(21,11-10-15(16)17)19(22)13-27(23,24)14-6-4-3-5-7-14/h3-9H,10-13,21H2,1-2H3/t20-/m1/s1. The third-order valence-electron chi connectivity index (χ3n) is 5.08. The topological polar surface area (TPSA) is 95.7 Å². The van der Waals surface area contributed by atoms with Crippen LogP contribution in [0.5, 0.6) is 11.5 Å². The molecule has 3 rings (SSSR count). The summed E-state index contributed by atoms with van der Waals surface area (Å²) in [6.07, 6.45) is 1.09. The molecule has 0 heterocycles. The number of carbonyl (C=O) groups is 1. The van der Waals surface area contributed by atoms with Crippen LogP contribution in [0.15, 0.2) is 47.4 Å². The van der Waals surface area contributed by atoms with Crippen molar-refractivity contribution >= 4 is 15.6 Å². The van der Waals surface area contributed by atoms with Crippen molar-refractivity contribution in [3.8, 4) is 11.5 Å². The molecule has 2 N–H and O–H groups in total. The smallest absolute Gasteiger partial charge is 0.185 e. The molecule has 0 fully saturated rings. The number of fused-ring (bicyclic) bond motifs is 1. The van der Waals surface area contributed by atoms with Crippen LogP contribution < -0.4 is 15.2 Å². The molecule has 1 aliphatic carbocycles. The third kappa shape index (κ3) is 3.70. The van der Waals surface area contributed by atoms with Crippen LogP contribution in [0.4, 0.5) is 0 Å². The number of sulfone groups is 1. The van der Waals surface area contributed by atoms with Gasteiger partial charge in [0.1, 0.15) is 17.3 Å². The molecule has 7 heteroatoms. The average Bonchev–Trinajstić information content (AvgIpc) is 2.67. The molecule has 0 spiro atoms. The zero-order valence-electron chi connectivity index (χ0n) is 15.4. The maximum absolute atomic E-state index is 12.9. The van der Waals surface area contributed by atoms with E-state index < -0.39 is 26.9 Å². The number of benzene rings is 2. The van der Waals surface area contributed by atoms with Gasteiger partial charge in [-0.2, -0.15) is 0 Å². The van der Waals surface area contributed by atoms with Gasteiger partial charge in [0.2, 0.25) is 0 Å². The SMILES string of the molecule is COc1ccc(OC)c2c1CC[C@](N)(C(=O)CS(=O)(=O)c1ccccc1)C2. The Morgan fingerprint density at radius 3 is 2.22 bits per heavy atom. The molecule has 0 amide bonds. The lowest BCUT2D eigenvalue weighted by atomic mass is 9.76. The van der Waals surface area contributed by atoms with E-state index in [-0.39, 0.29) is 11.3 Å². The van der Waals surface area contributed by atoms with E-state index in [0.29, 0.717) is 18.6 Å². The van der Waals surface area contributed by atoms with Gasteiger partial charge in [-0.05, 0) is 37.1 Å². The second-order valence-corrected chi connectivity index (χ2v) is 8.74. The van der Waals surface area contributed by atoms with Crippen LogP contribution in [-0.2, 0) is 27.5 Å². The van der Waals surface area contributed by atoms with E-state index in [0.717, 1.165) is 16.9 Å². The van der Waals surface area contributed by atoms with Crippen LogP contribution in [0.25, 0.3) is 0 Å². The average molecular weight is 389 g/mol. The summed E-state index contributed by atoms with van der Waals surface area (Å²) < 4.78 is 36.0. The minimum absolute atomic E-state index is 0.123. The Hall–Kier alpha value is -2.38. The first-order valence-corrected chi connectivity index (χ1v) is 10.3. The second-order valence-electron chi connectivity index (χ2n) is 6.76. The molecule has 0 aromatic heterocycles. The highest BCUT2D eigenvalue weighted by molar-refractivity contribution is 7.92. The van der Waals surface area contributed by atoms with Gasteiger partial charge < -0.3 is 15.2 Å². The van der Waals surface area contributed by atoms with Gasteiger partial charge in [-0.1, -0.05) is 18.2 Å².